The summed E-state index contributed by atoms with van der Waals surface area (Å²) in [6.45, 7) is 2.08. The van der Waals surface area contributed by atoms with Crippen molar-refractivity contribution in [2.45, 2.75) is 45.2 Å². The van der Waals surface area contributed by atoms with Crippen molar-refractivity contribution in [2.24, 2.45) is 0 Å². The van der Waals surface area contributed by atoms with Crippen molar-refractivity contribution in [3.8, 4) is 0 Å². The quantitative estimate of drug-likeness (QED) is 0.498. The van der Waals surface area contributed by atoms with Gasteiger partial charge in [-0.2, -0.15) is 0 Å². The Labute approximate surface area is 177 Å². The molecule has 31 heavy (non-hydrogen) atoms. The number of furan rings is 1. The van der Waals surface area contributed by atoms with Gasteiger partial charge in [0, 0.05) is 12.2 Å². The Bertz CT molecular complexity index is 1410. The van der Waals surface area contributed by atoms with Crippen molar-refractivity contribution in [1.82, 2.24) is 19.3 Å². The van der Waals surface area contributed by atoms with Crippen LogP contribution in [-0.4, -0.2) is 25.9 Å². The van der Waals surface area contributed by atoms with E-state index in [2.05, 4.69) is 5.32 Å². The number of rotatable bonds is 4. The maximum atomic E-state index is 13.3. The summed E-state index contributed by atoms with van der Waals surface area (Å²) >= 11 is 0. The number of aromatic nitrogens is 3. The normalized spacial score (nSPS) is 14.5. The van der Waals surface area contributed by atoms with Gasteiger partial charge in [0.25, 0.3) is 11.5 Å². The summed E-state index contributed by atoms with van der Waals surface area (Å²) in [5, 5.41) is 12.1. The number of hydrogen-bond acceptors (Lipinski definition) is 5. The monoisotopic (exact) mass is 417 g/mol. The first-order valence-corrected chi connectivity index (χ1v) is 10.5. The Morgan fingerprint density at radius 2 is 2.06 bits per heavy atom. The van der Waals surface area contributed by atoms with Crippen LogP contribution in [0.5, 0.6) is 0 Å². The highest BCUT2D eigenvalue weighted by Crippen LogP contribution is 2.19. The largest absolute Gasteiger partial charge is 0.467 e. The molecule has 4 heterocycles. The average Bonchev–Trinajstić information content (AvgIpc) is 3.45. The molecule has 4 aromatic rings. The second-order valence-electron chi connectivity index (χ2n) is 8.07. The average molecular weight is 417 g/mol. The Morgan fingerprint density at radius 1 is 1.26 bits per heavy atom. The number of carbonyl (C=O) groups excluding carboxylic acids is 1. The van der Waals surface area contributed by atoms with Crippen LogP contribution >= 0.6 is 0 Å². The zero-order valence-electron chi connectivity index (χ0n) is 17.2. The molecule has 0 aromatic carbocycles. The first-order chi connectivity index (χ1) is 15.0. The summed E-state index contributed by atoms with van der Waals surface area (Å²) < 4.78 is 8.53. The van der Waals surface area contributed by atoms with E-state index in [-0.39, 0.29) is 35.1 Å². The summed E-state index contributed by atoms with van der Waals surface area (Å²) in [6.07, 6.45) is 7.28. The van der Waals surface area contributed by atoms with Gasteiger partial charge in [-0.05, 0) is 49.6 Å². The summed E-state index contributed by atoms with van der Waals surface area (Å²) in [5.41, 5.74) is 1.63. The second-order valence-corrected chi connectivity index (χ2v) is 8.07. The number of amides is 1. The first-order valence-electron chi connectivity index (χ1n) is 10.5. The predicted molar refractivity (Wildman–Crippen MR) is 115 cm³/mol. The van der Waals surface area contributed by atoms with E-state index < -0.39 is 0 Å². The third-order valence-electron chi connectivity index (χ3n) is 5.96. The summed E-state index contributed by atoms with van der Waals surface area (Å²) in [7, 11) is 0. The van der Waals surface area contributed by atoms with E-state index in [1.54, 1.807) is 35.2 Å². The molecule has 0 radical (unpaired) electrons. The van der Waals surface area contributed by atoms with Crippen molar-refractivity contribution >= 4 is 22.6 Å². The lowest BCUT2D eigenvalue weighted by Gasteiger charge is -2.16. The molecule has 0 saturated heterocycles. The van der Waals surface area contributed by atoms with Gasteiger partial charge >= 0.3 is 0 Å². The van der Waals surface area contributed by atoms with E-state index in [1.165, 1.54) is 10.5 Å². The third-order valence-corrected chi connectivity index (χ3v) is 5.96. The van der Waals surface area contributed by atoms with Crippen molar-refractivity contribution < 1.29 is 9.21 Å². The van der Waals surface area contributed by atoms with Crippen LogP contribution in [0.2, 0.25) is 0 Å². The highest BCUT2D eigenvalue weighted by Gasteiger charge is 2.22. The molecule has 1 amide bonds. The molecular formula is C23H23N5O3. The Morgan fingerprint density at radius 3 is 2.81 bits per heavy atom. The number of nitrogens with one attached hydrogen (secondary N) is 2. The van der Waals surface area contributed by atoms with Gasteiger partial charge in [0.15, 0.2) is 0 Å². The minimum Gasteiger partial charge on any atom is -0.467 e. The lowest BCUT2D eigenvalue weighted by Crippen LogP contribution is -2.38. The standard InChI is InChI=1S/C23H23N5O3/c1-14-6-4-10-27-20(14)26-21-18(23(27)30)12-17(22(29)25-15-7-2-3-8-15)19(24)28(21)13-16-9-5-11-31-16/h4-6,9-12,15,24H,2-3,7-8,13H2,1H3,(H,25,29). The SMILES string of the molecule is Cc1cccn2c(=O)c3cc(C(=O)NC4CCCC4)c(=N)n(Cc4ccco4)c3nc12. The smallest absolute Gasteiger partial charge is 0.267 e. The van der Waals surface area contributed by atoms with E-state index in [0.717, 1.165) is 31.2 Å². The highest BCUT2D eigenvalue weighted by molar-refractivity contribution is 5.97. The minimum absolute atomic E-state index is 0.00392. The van der Waals surface area contributed by atoms with Crippen molar-refractivity contribution in [3.63, 3.8) is 0 Å². The van der Waals surface area contributed by atoms with E-state index in [0.29, 0.717) is 22.4 Å². The molecular weight excluding hydrogens is 394 g/mol. The zero-order valence-corrected chi connectivity index (χ0v) is 17.2. The fourth-order valence-corrected chi connectivity index (χ4v) is 4.32. The van der Waals surface area contributed by atoms with Gasteiger partial charge in [-0.3, -0.25) is 19.4 Å². The maximum absolute atomic E-state index is 13.3. The zero-order chi connectivity index (χ0) is 21.5. The van der Waals surface area contributed by atoms with E-state index in [4.69, 9.17) is 14.8 Å². The lowest BCUT2D eigenvalue weighted by molar-refractivity contribution is 0.0935. The first kappa shape index (κ1) is 19.3. The number of aryl methyl sites for hydroxylation is 1. The van der Waals surface area contributed by atoms with Crippen LogP contribution in [-0.2, 0) is 6.54 Å². The number of fused-ring (bicyclic) bond motifs is 2. The van der Waals surface area contributed by atoms with Gasteiger partial charge in [0.05, 0.1) is 23.8 Å². The van der Waals surface area contributed by atoms with Gasteiger partial charge in [-0.15, -0.1) is 0 Å². The van der Waals surface area contributed by atoms with Gasteiger partial charge in [-0.1, -0.05) is 18.9 Å². The van der Waals surface area contributed by atoms with Crippen molar-refractivity contribution in [2.75, 3.05) is 0 Å². The number of carbonyl (C=O) groups is 1. The van der Waals surface area contributed by atoms with Gasteiger partial charge in [0.2, 0.25) is 0 Å². The van der Waals surface area contributed by atoms with Crippen LogP contribution in [0.4, 0.5) is 0 Å². The topological polar surface area (TPSA) is 105 Å². The second kappa shape index (κ2) is 7.54. The molecule has 0 unspecified atom stereocenters. The molecule has 1 aliphatic rings. The van der Waals surface area contributed by atoms with E-state index in [9.17, 15) is 9.59 Å². The van der Waals surface area contributed by atoms with Gasteiger partial charge in [-0.25, -0.2) is 4.98 Å². The molecule has 0 bridgehead atoms. The van der Waals surface area contributed by atoms with Crippen LogP contribution < -0.4 is 16.4 Å². The molecule has 5 rings (SSSR count). The summed E-state index contributed by atoms with van der Waals surface area (Å²) in [4.78, 5) is 31.1. The number of pyridine rings is 2. The van der Waals surface area contributed by atoms with E-state index >= 15 is 0 Å². The van der Waals surface area contributed by atoms with Gasteiger partial charge < -0.3 is 14.3 Å². The lowest BCUT2D eigenvalue weighted by atomic mass is 10.1. The molecule has 1 fully saturated rings. The van der Waals surface area contributed by atoms with Crippen molar-refractivity contribution in [3.05, 3.63) is 75.5 Å². The molecule has 8 heteroatoms. The molecule has 1 aliphatic carbocycles. The van der Waals surface area contributed by atoms with Crippen LogP contribution in [0.3, 0.4) is 0 Å². The van der Waals surface area contributed by atoms with Crippen LogP contribution in [0.1, 0.15) is 47.4 Å². The fraction of sp³-hybridized carbons (Fsp3) is 0.304. The van der Waals surface area contributed by atoms with E-state index in [1.807, 2.05) is 13.0 Å². The highest BCUT2D eigenvalue weighted by atomic mass is 16.3. The van der Waals surface area contributed by atoms with Crippen LogP contribution in [0.25, 0.3) is 16.7 Å². The van der Waals surface area contributed by atoms with Crippen LogP contribution in [0, 0.1) is 12.3 Å². The Kier molecular flexibility index (Phi) is 4.69. The Hall–Kier alpha value is -3.68. The molecule has 0 aliphatic heterocycles. The maximum Gasteiger partial charge on any atom is 0.267 e. The van der Waals surface area contributed by atoms with Crippen LogP contribution in [0.15, 0.2) is 52.0 Å². The van der Waals surface area contributed by atoms with Gasteiger partial charge in [0.1, 0.15) is 22.5 Å². The molecule has 0 atom stereocenters. The fourth-order valence-electron chi connectivity index (χ4n) is 4.32. The Balaban J connectivity index is 1.76. The molecule has 2 N–H and O–H groups in total. The summed E-state index contributed by atoms with van der Waals surface area (Å²) in [6, 6.07) is 8.85. The molecule has 0 spiro atoms. The number of hydrogen-bond donors (Lipinski definition) is 2. The predicted octanol–water partition coefficient (Wildman–Crippen LogP) is 2.75. The molecule has 158 valence electrons. The molecule has 1 saturated carbocycles. The molecule has 8 nitrogen and oxygen atoms in total. The number of nitrogens with zero attached hydrogens (tertiary/aromatic N) is 3. The minimum atomic E-state index is -0.333. The molecule has 4 aromatic heterocycles. The third kappa shape index (κ3) is 3.34. The van der Waals surface area contributed by atoms with Crippen molar-refractivity contribution in [1.29, 1.82) is 5.41 Å². The summed E-state index contributed by atoms with van der Waals surface area (Å²) in [5.74, 6) is 0.278.